The third-order valence-electron chi connectivity index (χ3n) is 5.13. The number of benzene rings is 2. The highest BCUT2D eigenvalue weighted by molar-refractivity contribution is 6.33. The van der Waals surface area contributed by atoms with Crippen molar-refractivity contribution in [2.24, 2.45) is 7.05 Å². The summed E-state index contributed by atoms with van der Waals surface area (Å²) in [5, 5.41) is 11.1. The molecule has 1 aliphatic rings. The number of urea groups is 1. The van der Waals surface area contributed by atoms with Gasteiger partial charge in [0.1, 0.15) is 18.1 Å². The van der Waals surface area contributed by atoms with Gasteiger partial charge in [-0.3, -0.25) is 9.58 Å². The highest BCUT2D eigenvalue weighted by atomic mass is 35.5. The maximum atomic E-state index is 12.5. The Morgan fingerprint density at radius 3 is 2.58 bits per heavy atom. The number of carbonyl (C=O) groups is 1. The number of halogens is 2. The fraction of sp³-hybridized carbons (Fsp3) is 0.304. The molecule has 1 aromatic heterocycles. The van der Waals surface area contributed by atoms with Gasteiger partial charge in [0.15, 0.2) is 0 Å². The Labute approximate surface area is 202 Å². The lowest BCUT2D eigenvalue weighted by Crippen LogP contribution is -2.38. The molecule has 1 aliphatic heterocycles. The van der Waals surface area contributed by atoms with E-state index in [4.69, 9.17) is 32.7 Å². The van der Waals surface area contributed by atoms with Gasteiger partial charge >= 0.3 is 6.03 Å². The Hall–Kier alpha value is -2.78. The van der Waals surface area contributed by atoms with Crippen LogP contribution >= 0.6 is 23.2 Å². The van der Waals surface area contributed by atoms with Gasteiger partial charge < -0.3 is 20.1 Å². The number of morpholine rings is 1. The Kier molecular flexibility index (Phi) is 7.72. The van der Waals surface area contributed by atoms with Crippen molar-refractivity contribution in [1.82, 2.24) is 14.7 Å². The van der Waals surface area contributed by atoms with Gasteiger partial charge in [-0.25, -0.2) is 4.79 Å². The molecule has 2 heterocycles. The van der Waals surface area contributed by atoms with Gasteiger partial charge in [-0.2, -0.15) is 5.10 Å². The number of hydrogen-bond acceptors (Lipinski definition) is 5. The van der Waals surface area contributed by atoms with Crippen LogP contribution in [0.2, 0.25) is 10.0 Å². The Bertz CT molecular complexity index is 1120. The van der Waals surface area contributed by atoms with E-state index in [-0.39, 0.29) is 0 Å². The number of nitrogens with zero attached hydrogens (tertiary/aromatic N) is 3. The lowest BCUT2D eigenvalue weighted by atomic mass is 10.1. The number of hydrogen-bond donors (Lipinski definition) is 2. The molecule has 1 fully saturated rings. The molecule has 0 spiro atoms. The van der Waals surface area contributed by atoms with Gasteiger partial charge in [0.05, 0.1) is 18.2 Å². The molecule has 1 saturated heterocycles. The fourth-order valence-electron chi connectivity index (χ4n) is 3.53. The summed E-state index contributed by atoms with van der Waals surface area (Å²) in [6.07, 6.45) is 1.72. The summed E-state index contributed by atoms with van der Waals surface area (Å²) >= 11 is 12.4. The molecule has 4 rings (SSSR count). The lowest BCUT2D eigenvalue weighted by molar-refractivity contribution is 0.0323. The lowest BCUT2D eigenvalue weighted by Gasteiger charge is -2.26. The van der Waals surface area contributed by atoms with E-state index in [1.165, 1.54) is 0 Å². The second-order valence-electron chi connectivity index (χ2n) is 7.60. The molecule has 2 amide bonds. The molecule has 0 unspecified atom stereocenters. The maximum Gasteiger partial charge on any atom is 0.323 e. The number of nitrogens with one attached hydrogen (secondary N) is 2. The summed E-state index contributed by atoms with van der Waals surface area (Å²) in [6.45, 7) is 4.58. The molecule has 174 valence electrons. The van der Waals surface area contributed by atoms with E-state index >= 15 is 0 Å². The largest absolute Gasteiger partial charge is 0.492 e. The van der Waals surface area contributed by atoms with Crippen LogP contribution in [0, 0.1) is 0 Å². The Balaban J connectivity index is 1.49. The zero-order valence-electron chi connectivity index (χ0n) is 18.2. The first-order chi connectivity index (χ1) is 16.0. The average molecular weight is 490 g/mol. The van der Waals surface area contributed by atoms with Crippen LogP contribution in [0.25, 0.3) is 11.3 Å². The van der Waals surface area contributed by atoms with Crippen LogP contribution in [0.1, 0.15) is 0 Å². The van der Waals surface area contributed by atoms with Gasteiger partial charge in [-0.1, -0.05) is 29.3 Å². The second-order valence-corrected chi connectivity index (χ2v) is 8.45. The quantitative estimate of drug-likeness (QED) is 0.500. The van der Waals surface area contributed by atoms with Crippen molar-refractivity contribution in [2.45, 2.75) is 0 Å². The summed E-state index contributed by atoms with van der Waals surface area (Å²) in [5.41, 5.74) is 2.45. The number of ether oxygens (including phenoxy) is 2. The molecule has 10 heteroatoms. The van der Waals surface area contributed by atoms with Crippen LogP contribution in [0.4, 0.5) is 16.2 Å². The number of amides is 2. The molecule has 0 radical (unpaired) electrons. The SMILES string of the molecule is Cn1cc(Cl)c(-c2cc(NC(=O)Nc3cccc(Cl)c3)ccc2OCCN2CCOCC2)n1. The summed E-state index contributed by atoms with van der Waals surface area (Å²) < 4.78 is 13.1. The van der Waals surface area contributed by atoms with Gasteiger partial charge in [0.2, 0.25) is 0 Å². The number of carbonyl (C=O) groups excluding carboxylic acids is 1. The summed E-state index contributed by atoms with van der Waals surface area (Å²) in [5.74, 6) is 0.643. The van der Waals surface area contributed by atoms with Crippen LogP contribution in [0.5, 0.6) is 5.75 Å². The van der Waals surface area contributed by atoms with Crippen molar-refractivity contribution >= 4 is 40.6 Å². The van der Waals surface area contributed by atoms with Crippen LogP contribution in [-0.2, 0) is 11.8 Å². The molecule has 33 heavy (non-hydrogen) atoms. The number of aromatic nitrogens is 2. The van der Waals surface area contributed by atoms with Crippen LogP contribution in [-0.4, -0.2) is 60.2 Å². The van der Waals surface area contributed by atoms with E-state index < -0.39 is 6.03 Å². The zero-order chi connectivity index (χ0) is 23.2. The van der Waals surface area contributed by atoms with E-state index in [2.05, 4.69) is 20.6 Å². The number of rotatable bonds is 7. The topological polar surface area (TPSA) is 80.7 Å². The van der Waals surface area contributed by atoms with E-state index in [1.807, 2.05) is 6.07 Å². The molecule has 0 atom stereocenters. The molecular formula is C23H25Cl2N5O3. The van der Waals surface area contributed by atoms with Crippen molar-refractivity contribution < 1.29 is 14.3 Å². The zero-order valence-corrected chi connectivity index (χ0v) is 19.7. The van der Waals surface area contributed by atoms with Crippen molar-refractivity contribution in [2.75, 3.05) is 50.1 Å². The summed E-state index contributed by atoms with van der Waals surface area (Å²) in [4.78, 5) is 14.8. The summed E-state index contributed by atoms with van der Waals surface area (Å²) in [6, 6.07) is 11.9. The first-order valence-corrected chi connectivity index (χ1v) is 11.3. The van der Waals surface area contributed by atoms with Crippen molar-refractivity contribution in [1.29, 1.82) is 0 Å². The standard InChI is InChI=1S/C23H25Cl2N5O3/c1-29-15-20(25)22(28-29)19-14-18(27-23(31)26-17-4-2-3-16(24)13-17)5-6-21(19)33-12-9-30-7-10-32-11-8-30/h2-6,13-15H,7-12H2,1H3,(H2,26,27,31). The molecule has 3 aromatic rings. The van der Waals surface area contributed by atoms with Gasteiger partial charge in [0.25, 0.3) is 0 Å². The molecule has 8 nitrogen and oxygen atoms in total. The molecule has 2 N–H and O–H groups in total. The molecule has 0 saturated carbocycles. The highest BCUT2D eigenvalue weighted by Crippen LogP contribution is 2.36. The van der Waals surface area contributed by atoms with Crippen LogP contribution < -0.4 is 15.4 Å². The monoisotopic (exact) mass is 489 g/mol. The van der Waals surface area contributed by atoms with Crippen molar-refractivity contribution in [3.8, 4) is 17.0 Å². The van der Waals surface area contributed by atoms with Crippen LogP contribution in [0.15, 0.2) is 48.7 Å². The van der Waals surface area contributed by atoms with E-state index in [1.54, 1.807) is 54.3 Å². The third kappa shape index (κ3) is 6.39. The molecule has 0 aliphatic carbocycles. The predicted octanol–water partition coefficient (Wildman–Crippen LogP) is 4.75. The Morgan fingerprint density at radius 2 is 1.88 bits per heavy atom. The smallest absolute Gasteiger partial charge is 0.323 e. The van der Waals surface area contributed by atoms with E-state index in [0.717, 1.165) is 32.8 Å². The molecule has 0 bridgehead atoms. The second kappa shape index (κ2) is 10.9. The minimum absolute atomic E-state index is 0.392. The predicted molar refractivity (Wildman–Crippen MR) is 131 cm³/mol. The van der Waals surface area contributed by atoms with E-state index in [9.17, 15) is 4.79 Å². The maximum absolute atomic E-state index is 12.5. The van der Waals surface area contributed by atoms with Crippen molar-refractivity contribution in [3.63, 3.8) is 0 Å². The number of anilines is 2. The fourth-order valence-corrected chi connectivity index (χ4v) is 4.00. The summed E-state index contributed by atoms with van der Waals surface area (Å²) in [7, 11) is 1.80. The highest BCUT2D eigenvalue weighted by Gasteiger charge is 2.17. The average Bonchev–Trinajstić information content (AvgIpc) is 3.13. The first-order valence-electron chi connectivity index (χ1n) is 10.6. The minimum atomic E-state index is -0.392. The van der Waals surface area contributed by atoms with Crippen LogP contribution in [0.3, 0.4) is 0 Å². The van der Waals surface area contributed by atoms with Crippen molar-refractivity contribution in [3.05, 3.63) is 58.7 Å². The Morgan fingerprint density at radius 1 is 1.12 bits per heavy atom. The molecule has 2 aromatic carbocycles. The third-order valence-corrected chi connectivity index (χ3v) is 5.64. The van der Waals surface area contributed by atoms with Gasteiger partial charge in [-0.15, -0.1) is 0 Å². The van der Waals surface area contributed by atoms with Gasteiger partial charge in [-0.05, 0) is 36.4 Å². The minimum Gasteiger partial charge on any atom is -0.492 e. The molecular weight excluding hydrogens is 465 g/mol. The number of aryl methyl sites for hydroxylation is 1. The normalized spacial score (nSPS) is 14.2. The van der Waals surface area contributed by atoms with E-state index in [0.29, 0.717) is 45.0 Å². The van der Waals surface area contributed by atoms with Gasteiger partial charge in [0, 0.05) is 54.8 Å². The first kappa shape index (κ1) is 23.4.